The number of halogens is 3. The van der Waals surface area contributed by atoms with Crippen LogP contribution in [0.5, 0.6) is 0 Å². The molecule has 0 aromatic carbocycles. The summed E-state index contributed by atoms with van der Waals surface area (Å²) in [5.74, 6) is -1.63. The molecule has 3 N–H and O–H groups in total. The first kappa shape index (κ1) is 23.7. The summed E-state index contributed by atoms with van der Waals surface area (Å²) in [7, 11) is 0. The van der Waals surface area contributed by atoms with Crippen molar-refractivity contribution in [3.8, 4) is 6.07 Å². The van der Waals surface area contributed by atoms with Crippen LogP contribution in [0.1, 0.15) is 74.0 Å². The summed E-state index contributed by atoms with van der Waals surface area (Å²) in [6.07, 6.45) is 2.09. The molecule has 11 heteroatoms. The highest BCUT2D eigenvalue weighted by Gasteiger charge is 2.53. The van der Waals surface area contributed by atoms with Crippen molar-refractivity contribution < 1.29 is 27.6 Å². The van der Waals surface area contributed by atoms with E-state index in [0.29, 0.717) is 12.8 Å². The number of nitrogens with zero attached hydrogens (tertiary/aromatic N) is 2. The fraction of sp³-hybridized carbons (Fsp3) is 0.667. The van der Waals surface area contributed by atoms with Gasteiger partial charge in [-0.3, -0.25) is 14.4 Å². The molecule has 0 bridgehead atoms. The molecule has 35 heavy (non-hydrogen) atoms. The number of rotatable bonds is 5. The van der Waals surface area contributed by atoms with Crippen LogP contribution in [0.3, 0.4) is 0 Å². The summed E-state index contributed by atoms with van der Waals surface area (Å²) in [4.78, 5) is 42.3. The molecule has 8 nitrogen and oxygen atoms in total. The highest BCUT2D eigenvalue weighted by Crippen LogP contribution is 2.48. The first-order chi connectivity index (χ1) is 16.5. The van der Waals surface area contributed by atoms with E-state index in [-0.39, 0.29) is 41.4 Å². The van der Waals surface area contributed by atoms with Crippen molar-refractivity contribution in [2.24, 2.45) is 11.3 Å². The van der Waals surface area contributed by atoms with Crippen LogP contribution in [0.2, 0.25) is 0 Å². The number of hydrogen-bond acceptors (Lipinski definition) is 4. The minimum Gasteiger partial charge on any atom is -0.350 e. The standard InChI is InChI=1S/C24H28F3N5O3/c25-24(26,27)18-4-3-16(30-18)21(35)32-13-22(5-1-2-6-22)11-17(32)20(34)29-15(12-28)9-14-10-23(7-8-23)31-19(14)33/h3-4,14-15,17,30H,1-2,5-11,13H2,(H,29,34)(H,31,33)/t14-,15+,17+/m1/s1. The van der Waals surface area contributed by atoms with Crippen molar-refractivity contribution in [2.75, 3.05) is 6.54 Å². The quantitative estimate of drug-likeness (QED) is 0.587. The van der Waals surface area contributed by atoms with Crippen LogP contribution >= 0.6 is 0 Å². The fourth-order valence-corrected chi connectivity index (χ4v) is 6.18. The van der Waals surface area contributed by atoms with Crippen LogP contribution in [0.25, 0.3) is 0 Å². The molecule has 4 aliphatic rings. The SMILES string of the molecule is N#C[C@H](C[C@@H]1CC2(CC2)NC1=O)NC(=O)[C@@H]1CC2(CCCC2)CN1C(=O)c1ccc(C(F)(F)F)[nH]1. The Balaban J connectivity index is 1.31. The predicted octanol–water partition coefficient (Wildman–Crippen LogP) is 2.88. The van der Waals surface area contributed by atoms with Crippen molar-refractivity contribution >= 4 is 17.7 Å². The van der Waals surface area contributed by atoms with Gasteiger partial charge in [0.25, 0.3) is 5.91 Å². The fourth-order valence-electron chi connectivity index (χ4n) is 6.18. The van der Waals surface area contributed by atoms with E-state index < -0.39 is 35.8 Å². The molecule has 2 saturated carbocycles. The van der Waals surface area contributed by atoms with Gasteiger partial charge in [-0.2, -0.15) is 18.4 Å². The number of nitriles is 1. The zero-order chi connectivity index (χ0) is 25.0. The summed E-state index contributed by atoms with van der Waals surface area (Å²) in [5, 5.41) is 15.4. The van der Waals surface area contributed by atoms with Gasteiger partial charge in [0, 0.05) is 18.0 Å². The van der Waals surface area contributed by atoms with E-state index in [1.165, 1.54) is 4.90 Å². The molecular formula is C24H28F3N5O3. The third-order valence-electron chi connectivity index (χ3n) is 8.20. The van der Waals surface area contributed by atoms with Gasteiger partial charge in [-0.05, 0) is 62.5 Å². The first-order valence-electron chi connectivity index (χ1n) is 12.1. The van der Waals surface area contributed by atoms with Crippen molar-refractivity contribution in [1.29, 1.82) is 5.26 Å². The molecule has 4 fully saturated rings. The average molecular weight is 492 g/mol. The Morgan fingerprint density at radius 3 is 2.49 bits per heavy atom. The molecule has 0 unspecified atom stereocenters. The minimum atomic E-state index is -4.61. The van der Waals surface area contributed by atoms with Crippen LogP contribution in [0.4, 0.5) is 13.2 Å². The van der Waals surface area contributed by atoms with Crippen molar-refractivity contribution in [1.82, 2.24) is 20.5 Å². The zero-order valence-corrected chi connectivity index (χ0v) is 19.2. The normalized spacial score (nSPS) is 27.1. The number of hydrogen-bond donors (Lipinski definition) is 3. The summed E-state index contributed by atoms with van der Waals surface area (Å²) >= 11 is 0. The number of amides is 3. The highest BCUT2D eigenvalue weighted by atomic mass is 19.4. The van der Waals surface area contributed by atoms with E-state index in [9.17, 15) is 32.8 Å². The van der Waals surface area contributed by atoms with Gasteiger partial charge >= 0.3 is 6.18 Å². The van der Waals surface area contributed by atoms with E-state index in [2.05, 4.69) is 21.7 Å². The van der Waals surface area contributed by atoms with E-state index in [1.54, 1.807) is 0 Å². The van der Waals surface area contributed by atoms with Crippen LogP contribution in [0, 0.1) is 22.7 Å². The number of likely N-dealkylation sites (tertiary alicyclic amines) is 1. The summed E-state index contributed by atoms with van der Waals surface area (Å²) < 4.78 is 39.1. The lowest BCUT2D eigenvalue weighted by Crippen LogP contribution is -2.49. The molecule has 188 valence electrons. The molecule has 2 aliphatic carbocycles. The maximum Gasteiger partial charge on any atom is 0.431 e. The molecule has 5 rings (SSSR count). The van der Waals surface area contributed by atoms with Gasteiger partial charge < -0.3 is 20.5 Å². The predicted molar refractivity (Wildman–Crippen MR) is 117 cm³/mol. The Kier molecular flexibility index (Phi) is 5.61. The lowest BCUT2D eigenvalue weighted by Gasteiger charge is -2.25. The molecule has 2 saturated heterocycles. The lowest BCUT2D eigenvalue weighted by molar-refractivity contribution is -0.140. The Morgan fingerprint density at radius 2 is 1.91 bits per heavy atom. The summed E-state index contributed by atoms with van der Waals surface area (Å²) in [6, 6.07) is 2.18. The maximum absolute atomic E-state index is 13.3. The van der Waals surface area contributed by atoms with Gasteiger partial charge in [0.1, 0.15) is 23.5 Å². The molecule has 3 amide bonds. The Labute approximate surface area is 200 Å². The maximum atomic E-state index is 13.3. The third kappa shape index (κ3) is 4.50. The molecule has 1 aromatic rings. The Morgan fingerprint density at radius 1 is 1.20 bits per heavy atom. The van der Waals surface area contributed by atoms with Crippen LogP contribution < -0.4 is 10.6 Å². The monoisotopic (exact) mass is 491 g/mol. The van der Waals surface area contributed by atoms with Gasteiger partial charge in [0.05, 0.1) is 6.07 Å². The van der Waals surface area contributed by atoms with Crippen LogP contribution in [-0.2, 0) is 15.8 Å². The molecule has 2 spiro atoms. The van der Waals surface area contributed by atoms with Crippen molar-refractivity contribution in [2.45, 2.75) is 81.6 Å². The topological polar surface area (TPSA) is 118 Å². The number of aromatic amines is 1. The number of alkyl halides is 3. The van der Waals surface area contributed by atoms with E-state index in [4.69, 9.17) is 0 Å². The van der Waals surface area contributed by atoms with Gasteiger partial charge in [0.2, 0.25) is 11.8 Å². The molecule has 3 atom stereocenters. The largest absolute Gasteiger partial charge is 0.431 e. The number of carbonyl (C=O) groups excluding carboxylic acids is 3. The number of carbonyl (C=O) groups is 3. The first-order valence-corrected chi connectivity index (χ1v) is 12.1. The second kappa shape index (κ2) is 8.28. The smallest absolute Gasteiger partial charge is 0.350 e. The van der Waals surface area contributed by atoms with E-state index in [1.807, 2.05) is 0 Å². The second-order valence-corrected chi connectivity index (χ2v) is 10.7. The lowest BCUT2D eigenvalue weighted by atomic mass is 9.84. The average Bonchev–Trinajstić information content (AvgIpc) is 3.27. The summed E-state index contributed by atoms with van der Waals surface area (Å²) in [6.45, 7) is 0.287. The Bertz CT molecular complexity index is 1080. The highest BCUT2D eigenvalue weighted by molar-refractivity contribution is 5.97. The van der Waals surface area contributed by atoms with E-state index in [0.717, 1.165) is 50.7 Å². The van der Waals surface area contributed by atoms with Crippen molar-refractivity contribution in [3.05, 3.63) is 23.5 Å². The third-order valence-corrected chi connectivity index (χ3v) is 8.20. The molecule has 0 radical (unpaired) electrons. The van der Waals surface area contributed by atoms with Gasteiger partial charge in [-0.1, -0.05) is 12.8 Å². The molecule has 1 aromatic heterocycles. The van der Waals surface area contributed by atoms with Gasteiger partial charge in [0.15, 0.2) is 0 Å². The van der Waals surface area contributed by atoms with Crippen molar-refractivity contribution in [3.63, 3.8) is 0 Å². The second-order valence-electron chi connectivity index (χ2n) is 10.7. The Hall–Kier alpha value is -3.03. The van der Waals surface area contributed by atoms with Gasteiger partial charge in [-0.15, -0.1) is 0 Å². The molecule has 2 aliphatic heterocycles. The van der Waals surface area contributed by atoms with Crippen LogP contribution in [-0.4, -0.2) is 51.8 Å². The molecular weight excluding hydrogens is 463 g/mol. The minimum absolute atomic E-state index is 0.105. The number of aromatic nitrogens is 1. The zero-order valence-electron chi connectivity index (χ0n) is 19.2. The molecule has 3 heterocycles. The number of H-pyrrole nitrogens is 1. The summed E-state index contributed by atoms with van der Waals surface area (Å²) in [5.41, 5.74) is -1.63. The van der Waals surface area contributed by atoms with Crippen LogP contribution in [0.15, 0.2) is 12.1 Å². The number of nitrogens with one attached hydrogen (secondary N) is 3. The van der Waals surface area contributed by atoms with E-state index >= 15 is 0 Å². The van der Waals surface area contributed by atoms with Gasteiger partial charge in [-0.25, -0.2) is 0 Å².